The molecule has 1 fully saturated rings. The summed E-state index contributed by atoms with van der Waals surface area (Å²) in [5.74, 6) is 1.34. The number of ether oxygens (including phenoxy) is 1. The van der Waals surface area contributed by atoms with Crippen molar-refractivity contribution in [3.8, 4) is 11.3 Å². The normalized spacial score (nSPS) is 22.2. The van der Waals surface area contributed by atoms with Gasteiger partial charge in [-0.25, -0.2) is 9.97 Å². The average molecular weight is 400 g/mol. The number of carbonyl (C=O) groups is 1. The number of rotatable bonds is 3. The SMILES string of the molecule is COC1CCC(N2c3nc(-c4ccc([13C](C)([13CH3])[13CH3])nc4)cnc3N[13CH2][13C]2=O)CC1. The molecule has 2 aromatic heterocycles. The van der Waals surface area contributed by atoms with Gasteiger partial charge in [0.25, 0.3) is 0 Å². The summed E-state index contributed by atoms with van der Waals surface area (Å²) in [6.45, 7) is 6.68. The second-order valence-corrected chi connectivity index (χ2v) is 8.89. The molecule has 0 saturated heterocycles. The standard InChI is InChI=1S/C22H29N5O2/c1-22(2,3)18-10-5-14(11-23-18)17-12-24-20-21(26-17)27(19(28)13-25-20)15-6-8-16(29-4)9-7-15/h5,10-12,15-16H,6-9,13H2,1-4H3,(H,24,25)/i1+1,2+1,13+1,19+1,22+1. The lowest BCUT2D eigenvalue weighted by molar-refractivity contribution is -0.118. The summed E-state index contributed by atoms with van der Waals surface area (Å²) in [5, 5.41) is 3.10. The Balaban J connectivity index is 1.64. The molecule has 0 spiro atoms. The Bertz CT molecular complexity index is 883. The largest absolute Gasteiger partial charge is 0.381 e. The molecule has 4 rings (SSSR count). The maximum absolute atomic E-state index is 12.8. The quantitative estimate of drug-likeness (QED) is 0.794. The highest BCUT2D eigenvalue weighted by Gasteiger charge is 2.35. The number of nitrogens with zero attached hydrogens (tertiary/aromatic N) is 4. The zero-order valence-electron chi connectivity index (χ0n) is 17.6. The zero-order valence-corrected chi connectivity index (χ0v) is 17.6. The number of fused-ring (bicyclic) bond motifs is 1. The number of methoxy groups -OCH3 is 1. The van der Waals surface area contributed by atoms with Crippen molar-refractivity contribution in [3.05, 3.63) is 30.2 Å². The third-order valence-electron chi connectivity index (χ3n) is 5.83. The summed E-state index contributed by atoms with van der Waals surface area (Å²) in [5.41, 5.74) is 2.65. The van der Waals surface area contributed by atoms with Gasteiger partial charge in [0.05, 0.1) is 24.5 Å². The van der Waals surface area contributed by atoms with Gasteiger partial charge in [-0.15, -0.1) is 0 Å². The van der Waals surface area contributed by atoms with E-state index >= 15 is 0 Å². The molecule has 2 aromatic rings. The van der Waals surface area contributed by atoms with E-state index in [1.54, 1.807) is 13.3 Å². The van der Waals surface area contributed by atoms with Crippen LogP contribution >= 0.6 is 0 Å². The molecule has 0 aromatic carbocycles. The lowest BCUT2D eigenvalue weighted by atomic mass is 9.92. The molecule has 1 amide bonds. The predicted octanol–water partition coefficient (Wildman–Crippen LogP) is 3.55. The fraction of sp³-hybridized carbons (Fsp3) is 0.545. The van der Waals surface area contributed by atoms with Crippen LogP contribution < -0.4 is 10.2 Å². The van der Waals surface area contributed by atoms with Crippen LogP contribution in [0.3, 0.4) is 0 Å². The van der Waals surface area contributed by atoms with Gasteiger partial charge in [0.2, 0.25) is 5.91 Å². The van der Waals surface area contributed by atoms with Crippen molar-refractivity contribution in [2.45, 2.75) is 64.0 Å². The molecule has 154 valence electrons. The summed E-state index contributed by atoms with van der Waals surface area (Å²) in [4.78, 5) is 28.6. The third kappa shape index (κ3) is 3.96. The molecule has 0 unspecified atom stereocenters. The monoisotopic (exact) mass is 400 g/mol. The highest BCUT2D eigenvalue weighted by Crippen LogP contribution is 2.34. The van der Waals surface area contributed by atoms with E-state index in [2.05, 4.69) is 36.1 Å². The van der Waals surface area contributed by atoms with Crippen LogP contribution in [-0.4, -0.2) is 46.7 Å². The predicted molar refractivity (Wildman–Crippen MR) is 113 cm³/mol. The van der Waals surface area contributed by atoms with Gasteiger partial charge in [0.1, 0.15) is 0 Å². The van der Waals surface area contributed by atoms with Crippen LogP contribution in [0.5, 0.6) is 0 Å². The van der Waals surface area contributed by atoms with Crippen molar-refractivity contribution >= 4 is 17.5 Å². The lowest BCUT2D eigenvalue weighted by Gasteiger charge is -2.38. The van der Waals surface area contributed by atoms with Crippen LogP contribution in [-0.2, 0) is 14.9 Å². The smallest absolute Gasteiger partial charge is 0.247 e. The molecule has 0 atom stereocenters. The molecule has 1 aliphatic carbocycles. The molecular weight excluding hydrogens is 371 g/mol. The second kappa shape index (κ2) is 7.71. The maximum atomic E-state index is 12.8. The summed E-state index contributed by atoms with van der Waals surface area (Å²) in [7, 11) is 1.76. The molecule has 3 heterocycles. The van der Waals surface area contributed by atoms with E-state index in [-0.39, 0.29) is 30.0 Å². The number of amides is 1. The average Bonchev–Trinajstić information content (AvgIpc) is 2.73. The van der Waals surface area contributed by atoms with Gasteiger partial charge in [-0.3, -0.25) is 14.7 Å². The number of pyridine rings is 1. The van der Waals surface area contributed by atoms with Gasteiger partial charge < -0.3 is 10.1 Å². The van der Waals surface area contributed by atoms with Crippen molar-refractivity contribution in [2.75, 3.05) is 23.9 Å². The minimum absolute atomic E-state index is 0.00571. The molecule has 1 N–H and O–H groups in total. The summed E-state index contributed by atoms with van der Waals surface area (Å²) in [6, 6.07) is 4.19. The van der Waals surface area contributed by atoms with Crippen molar-refractivity contribution in [1.82, 2.24) is 15.0 Å². The van der Waals surface area contributed by atoms with Crippen LogP contribution in [0.15, 0.2) is 24.5 Å². The second-order valence-electron chi connectivity index (χ2n) is 8.89. The van der Waals surface area contributed by atoms with Crippen LogP contribution in [0, 0.1) is 0 Å². The van der Waals surface area contributed by atoms with Gasteiger partial charge >= 0.3 is 0 Å². The molecule has 7 heteroatoms. The zero-order chi connectivity index (χ0) is 20.6. The Kier molecular flexibility index (Phi) is 5.25. The van der Waals surface area contributed by atoms with E-state index in [1.807, 2.05) is 23.2 Å². The number of hydrogen-bond donors (Lipinski definition) is 1. The molecular formula is C22H29N5O2. The van der Waals surface area contributed by atoms with Crippen LogP contribution in [0.25, 0.3) is 11.3 Å². The van der Waals surface area contributed by atoms with Crippen molar-refractivity contribution in [2.24, 2.45) is 0 Å². The van der Waals surface area contributed by atoms with Gasteiger partial charge in [0, 0.05) is 36.0 Å². The molecule has 29 heavy (non-hydrogen) atoms. The highest BCUT2D eigenvalue weighted by molar-refractivity contribution is 6.01. The van der Waals surface area contributed by atoms with E-state index in [0.717, 1.165) is 42.6 Å². The Morgan fingerprint density at radius 3 is 2.48 bits per heavy atom. The van der Waals surface area contributed by atoms with Gasteiger partial charge in [-0.05, 0) is 37.8 Å². The number of aromatic nitrogens is 3. The molecule has 0 bridgehead atoms. The Hall–Kier alpha value is -2.54. The summed E-state index contributed by atoms with van der Waals surface area (Å²) in [6.07, 6.45) is 7.61. The molecule has 1 saturated carbocycles. The number of anilines is 2. The first-order valence-corrected chi connectivity index (χ1v) is 10.3. The first-order chi connectivity index (χ1) is 13.9. The topological polar surface area (TPSA) is 80.2 Å². The van der Waals surface area contributed by atoms with Crippen molar-refractivity contribution in [3.63, 3.8) is 0 Å². The van der Waals surface area contributed by atoms with E-state index in [0.29, 0.717) is 11.6 Å². The lowest BCUT2D eigenvalue weighted by Crippen LogP contribution is -2.49. The minimum atomic E-state index is -0.00571. The van der Waals surface area contributed by atoms with Crippen molar-refractivity contribution in [1.29, 1.82) is 0 Å². The Labute approximate surface area is 171 Å². The number of hydrogen-bond acceptors (Lipinski definition) is 6. The van der Waals surface area contributed by atoms with Crippen molar-refractivity contribution < 1.29 is 9.53 Å². The van der Waals surface area contributed by atoms with E-state index < -0.39 is 0 Å². The summed E-state index contributed by atoms with van der Waals surface area (Å²) < 4.78 is 5.48. The van der Waals surface area contributed by atoms with E-state index in [9.17, 15) is 4.79 Å². The fourth-order valence-electron chi connectivity index (χ4n) is 4.08. The van der Waals surface area contributed by atoms with Gasteiger partial charge in [0.15, 0.2) is 11.6 Å². The number of nitrogens with one attached hydrogen (secondary N) is 1. The van der Waals surface area contributed by atoms with Gasteiger partial charge in [-0.2, -0.15) is 0 Å². The van der Waals surface area contributed by atoms with E-state index in [4.69, 9.17) is 9.72 Å². The molecule has 1 aliphatic heterocycles. The Morgan fingerprint density at radius 2 is 1.86 bits per heavy atom. The molecule has 7 nitrogen and oxygen atoms in total. The first-order valence-electron chi connectivity index (χ1n) is 10.3. The van der Waals surface area contributed by atoms with Gasteiger partial charge in [-0.1, -0.05) is 20.8 Å². The van der Waals surface area contributed by atoms with E-state index in [1.165, 1.54) is 0 Å². The third-order valence-corrected chi connectivity index (χ3v) is 5.83. The molecule has 0 radical (unpaired) electrons. The summed E-state index contributed by atoms with van der Waals surface area (Å²) >= 11 is 0. The fourth-order valence-corrected chi connectivity index (χ4v) is 4.08. The minimum Gasteiger partial charge on any atom is -0.381 e. The first kappa shape index (κ1) is 19.8. The Morgan fingerprint density at radius 1 is 1.10 bits per heavy atom. The van der Waals surface area contributed by atoms with Crippen LogP contribution in [0.4, 0.5) is 11.6 Å². The van der Waals surface area contributed by atoms with Crippen LogP contribution in [0.2, 0.25) is 0 Å². The maximum Gasteiger partial charge on any atom is 0.247 e. The molecule has 2 aliphatic rings. The van der Waals surface area contributed by atoms with Crippen LogP contribution in [0.1, 0.15) is 52.1 Å². The number of carbonyl (C=O) groups excluding carboxylic acids is 1. The highest BCUT2D eigenvalue weighted by atomic mass is 16.5.